The SMILES string of the molecule is CC(C)c1ccc(/C=C2/Sc3ccccc3C2=O)cc1[N+](=O)[O-]. The van der Waals surface area contributed by atoms with E-state index in [0.29, 0.717) is 21.6 Å². The molecule has 0 unspecified atom stereocenters. The number of nitrogens with zero attached hydrogens (tertiary/aromatic N) is 1. The van der Waals surface area contributed by atoms with Gasteiger partial charge in [-0.2, -0.15) is 0 Å². The van der Waals surface area contributed by atoms with Crippen molar-refractivity contribution in [1.82, 2.24) is 0 Å². The second-order valence-electron chi connectivity index (χ2n) is 5.67. The van der Waals surface area contributed by atoms with Crippen molar-refractivity contribution in [1.29, 1.82) is 0 Å². The maximum Gasteiger partial charge on any atom is 0.273 e. The molecule has 1 aliphatic rings. The molecule has 2 aromatic carbocycles. The minimum absolute atomic E-state index is 0.0267. The fourth-order valence-electron chi connectivity index (χ4n) is 2.58. The third kappa shape index (κ3) is 2.92. The highest BCUT2D eigenvalue weighted by atomic mass is 32.2. The second-order valence-corrected chi connectivity index (χ2v) is 6.75. The molecule has 0 saturated carbocycles. The number of carbonyl (C=O) groups excluding carboxylic acids is 1. The Bertz CT molecular complexity index is 840. The highest BCUT2D eigenvalue weighted by Crippen LogP contribution is 2.41. The van der Waals surface area contributed by atoms with Gasteiger partial charge < -0.3 is 0 Å². The quantitative estimate of drug-likeness (QED) is 0.450. The maximum absolute atomic E-state index is 12.4. The van der Waals surface area contributed by atoms with E-state index in [4.69, 9.17) is 0 Å². The van der Waals surface area contributed by atoms with Gasteiger partial charge >= 0.3 is 0 Å². The van der Waals surface area contributed by atoms with E-state index < -0.39 is 0 Å². The molecular formula is C18H15NO3S. The zero-order chi connectivity index (χ0) is 16.6. The van der Waals surface area contributed by atoms with Crippen LogP contribution in [0.15, 0.2) is 52.3 Å². The van der Waals surface area contributed by atoms with Crippen LogP contribution in [0.3, 0.4) is 0 Å². The molecule has 5 heteroatoms. The number of rotatable bonds is 3. The molecule has 3 rings (SSSR count). The Morgan fingerprint density at radius 1 is 1.17 bits per heavy atom. The maximum atomic E-state index is 12.4. The predicted molar refractivity (Wildman–Crippen MR) is 91.8 cm³/mol. The Hall–Kier alpha value is -2.40. The Kier molecular flexibility index (Phi) is 4.05. The summed E-state index contributed by atoms with van der Waals surface area (Å²) in [5.74, 6) is 0.0463. The average molecular weight is 325 g/mol. The summed E-state index contributed by atoms with van der Waals surface area (Å²) in [6.07, 6.45) is 1.73. The van der Waals surface area contributed by atoms with Gasteiger partial charge in [-0.15, -0.1) is 0 Å². The summed E-state index contributed by atoms with van der Waals surface area (Å²) in [5.41, 5.74) is 2.16. The van der Waals surface area contributed by atoms with Crippen molar-refractivity contribution in [2.75, 3.05) is 0 Å². The van der Waals surface area contributed by atoms with Crippen LogP contribution in [0.2, 0.25) is 0 Å². The first-order valence-corrected chi connectivity index (χ1v) is 8.10. The zero-order valence-electron chi connectivity index (χ0n) is 12.8. The van der Waals surface area contributed by atoms with E-state index in [1.165, 1.54) is 11.8 Å². The van der Waals surface area contributed by atoms with Gasteiger partial charge in [0.25, 0.3) is 5.69 Å². The Morgan fingerprint density at radius 3 is 2.57 bits per heavy atom. The van der Waals surface area contributed by atoms with Crippen LogP contribution in [0.1, 0.15) is 41.3 Å². The minimum atomic E-state index is -0.365. The Morgan fingerprint density at radius 2 is 1.91 bits per heavy atom. The van der Waals surface area contributed by atoms with Crippen LogP contribution >= 0.6 is 11.8 Å². The largest absolute Gasteiger partial charge is 0.288 e. The van der Waals surface area contributed by atoms with E-state index in [-0.39, 0.29) is 22.3 Å². The number of thioether (sulfide) groups is 1. The smallest absolute Gasteiger partial charge is 0.273 e. The van der Waals surface area contributed by atoms with Crippen LogP contribution in [-0.2, 0) is 0 Å². The molecule has 1 aliphatic heterocycles. The molecular weight excluding hydrogens is 310 g/mol. The van der Waals surface area contributed by atoms with E-state index in [2.05, 4.69) is 0 Å². The lowest BCUT2D eigenvalue weighted by atomic mass is 9.99. The number of hydrogen-bond acceptors (Lipinski definition) is 4. The van der Waals surface area contributed by atoms with Gasteiger partial charge in [0.15, 0.2) is 0 Å². The lowest BCUT2D eigenvalue weighted by Gasteiger charge is -2.07. The third-order valence-electron chi connectivity index (χ3n) is 3.75. The van der Waals surface area contributed by atoms with Crippen molar-refractivity contribution >= 4 is 29.3 Å². The summed E-state index contributed by atoms with van der Waals surface area (Å²) in [6, 6.07) is 12.6. The molecule has 0 fully saturated rings. The number of hydrogen-bond donors (Lipinski definition) is 0. The summed E-state index contributed by atoms with van der Waals surface area (Å²) in [7, 11) is 0. The van der Waals surface area contributed by atoms with Crippen LogP contribution in [0.5, 0.6) is 0 Å². The fraction of sp³-hybridized carbons (Fsp3) is 0.167. The van der Waals surface area contributed by atoms with E-state index in [9.17, 15) is 14.9 Å². The number of nitro groups is 1. The first-order chi connectivity index (χ1) is 11.0. The van der Waals surface area contributed by atoms with Gasteiger partial charge in [0, 0.05) is 22.1 Å². The molecule has 0 saturated heterocycles. The topological polar surface area (TPSA) is 60.2 Å². The lowest BCUT2D eigenvalue weighted by Crippen LogP contribution is -1.98. The van der Waals surface area contributed by atoms with Crippen LogP contribution in [0, 0.1) is 10.1 Å². The molecule has 0 atom stereocenters. The molecule has 0 amide bonds. The van der Waals surface area contributed by atoms with E-state index in [1.54, 1.807) is 24.3 Å². The molecule has 0 N–H and O–H groups in total. The van der Waals surface area contributed by atoms with Crippen LogP contribution < -0.4 is 0 Å². The number of nitro benzene ring substituents is 1. The van der Waals surface area contributed by atoms with Crippen molar-refractivity contribution in [2.24, 2.45) is 0 Å². The summed E-state index contributed by atoms with van der Waals surface area (Å²) in [6.45, 7) is 3.85. The summed E-state index contributed by atoms with van der Waals surface area (Å²) < 4.78 is 0. The van der Waals surface area contributed by atoms with E-state index in [0.717, 1.165) is 4.90 Å². The van der Waals surface area contributed by atoms with Gasteiger partial charge in [-0.1, -0.05) is 49.9 Å². The number of carbonyl (C=O) groups is 1. The van der Waals surface area contributed by atoms with Gasteiger partial charge in [0.2, 0.25) is 5.78 Å². The second kappa shape index (κ2) is 6.01. The van der Waals surface area contributed by atoms with Crippen LogP contribution in [0.25, 0.3) is 6.08 Å². The highest BCUT2D eigenvalue weighted by molar-refractivity contribution is 8.04. The molecule has 0 radical (unpaired) electrons. The number of benzene rings is 2. The first-order valence-electron chi connectivity index (χ1n) is 7.29. The Balaban J connectivity index is 2.00. The van der Waals surface area contributed by atoms with Crippen molar-refractivity contribution in [3.63, 3.8) is 0 Å². The predicted octanol–water partition coefficient (Wildman–Crippen LogP) is 5.05. The molecule has 4 nitrogen and oxygen atoms in total. The van der Waals surface area contributed by atoms with Crippen molar-refractivity contribution in [3.8, 4) is 0 Å². The minimum Gasteiger partial charge on any atom is -0.288 e. The molecule has 0 bridgehead atoms. The van der Waals surface area contributed by atoms with Gasteiger partial charge in [-0.05, 0) is 29.7 Å². The highest BCUT2D eigenvalue weighted by Gasteiger charge is 2.25. The first kappa shape index (κ1) is 15.5. The lowest BCUT2D eigenvalue weighted by molar-refractivity contribution is -0.385. The van der Waals surface area contributed by atoms with Gasteiger partial charge in [0.1, 0.15) is 0 Å². The fourth-order valence-corrected chi connectivity index (χ4v) is 3.64. The van der Waals surface area contributed by atoms with Gasteiger partial charge in [-0.3, -0.25) is 14.9 Å². The zero-order valence-corrected chi connectivity index (χ0v) is 13.6. The van der Waals surface area contributed by atoms with Crippen molar-refractivity contribution in [2.45, 2.75) is 24.7 Å². The summed E-state index contributed by atoms with van der Waals surface area (Å²) >= 11 is 1.41. The van der Waals surface area contributed by atoms with Crippen molar-refractivity contribution < 1.29 is 9.72 Å². The molecule has 116 valence electrons. The third-order valence-corrected chi connectivity index (χ3v) is 4.85. The van der Waals surface area contributed by atoms with Crippen molar-refractivity contribution in [3.05, 3.63) is 74.2 Å². The van der Waals surface area contributed by atoms with E-state index in [1.807, 2.05) is 38.1 Å². The number of allylic oxidation sites excluding steroid dienone is 1. The number of ketones is 1. The molecule has 0 aromatic heterocycles. The van der Waals surface area contributed by atoms with E-state index >= 15 is 0 Å². The normalized spacial score (nSPS) is 15.3. The summed E-state index contributed by atoms with van der Waals surface area (Å²) in [4.78, 5) is 24.8. The van der Waals surface area contributed by atoms with Gasteiger partial charge in [-0.25, -0.2) is 0 Å². The van der Waals surface area contributed by atoms with Crippen LogP contribution in [0.4, 0.5) is 5.69 Å². The number of fused-ring (bicyclic) bond motifs is 1. The average Bonchev–Trinajstić information content (AvgIpc) is 2.83. The Labute approximate surface area is 138 Å². The molecule has 2 aromatic rings. The molecule has 0 spiro atoms. The summed E-state index contributed by atoms with van der Waals surface area (Å²) in [5, 5.41) is 11.3. The molecule has 23 heavy (non-hydrogen) atoms. The molecule has 0 aliphatic carbocycles. The van der Waals surface area contributed by atoms with Gasteiger partial charge in [0.05, 0.1) is 9.83 Å². The number of Topliss-reactive ketones (excluding diaryl/α,β-unsaturated/α-hetero) is 1. The van der Waals surface area contributed by atoms with Crippen LogP contribution in [-0.4, -0.2) is 10.7 Å². The monoisotopic (exact) mass is 325 g/mol. The standard InChI is InChI=1S/C18H15NO3S/c1-11(2)13-8-7-12(9-15(13)19(21)22)10-17-18(20)14-5-3-4-6-16(14)23-17/h3-11H,1-2H3/b17-10+. The molecule has 1 heterocycles.